The summed E-state index contributed by atoms with van der Waals surface area (Å²) in [5.74, 6) is 5.38. The number of carboxylic acids is 1. The molecule has 0 atom stereocenters. The molecule has 0 aliphatic rings. The lowest BCUT2D eigenvalue weighted by Gasteiger charge is -2.02. The molecule has 0 aromatic heterocycles. The molecule has 0 radical (unpaired) electrons. The van der Waals surface area contributed by atoms with Crippen molar-refractivity contribution in [3.8, 4) is 11.8 Å². The first kappa shape index (κ1) is 24.8. The fraction of sp³-hybridized carbons (Fsp3) is 0.792. The summed E-state index contributed by atoms with van der Waals surface area (Å²) in [6.45, 7) is 2.28. The van der Waals surface area contributed by atoms with E-state index in [1.165, 1.54) is 89.9 Å². The normalized spacial score (nSPS) is 10.8. The predicted octanol–water partition coefficient (Wildman–Crippen LogP) is 7.67. The summed E-state index contributed by atoms with van der Waals surface area (Å²) in [5.41, 5.74) is 0. The van der Waals surface area contributed by atoms with Gasteiger partial charge in [-0.1, -0.05) is 102 Å². The van der Waals surface area contributed by atoms with E-state index in [-0.39, 0.29) is 6.42 Å². The van der Waals surface area contributed by atoms with E-state index < -0.39 is 5.97 Å². The van der Waals surface area contributed by atoms with Crippen molar-refractivity contribution >= 4 is 5.97 Å². The molecule has 0 saturated heterocycles. The van der Waals surface area contributed by atoms with Crippen molar-refractivity contribution in [1.29, 1.82) is 0 Å². The van der Waals surface area contributed by atoms with Crippen LogP contribution in [0.3, 0.4) is 0 Å². The van der Waals surface area contributed by atoms with E-state index >= 15 is 0 Å². The van der Waals surface area contributed by atoms with Gasteiger partial charge in [0.1, 0.15) is 0 Å². The van der Waals surface area contributed by atoms with Crippen molar-refractivity contribution in [3.05, 3.63) is 12.2 Å². The van der Waals surface area contributed by atoms with Crippen LogP contribution in [0.5, 0.6) is 0 Å². The van der Waals surface area contributed by atoms with Crippen LogP contribution >= 0.6 is 0 Å². The molecule has 0 fully saturated rings. The van der Waals surface area contributed by atoms with Gasteiger partial charge in [0.05, 0.1) is 0 Å². The first-order valence-corrected chi connectivity index (χ1v) is 11.1. The molecule has 2 nitrogen and oxygen atoms in total. The van der Waals surface area contributed by atoms with Gasteiger partial charge in [-0.3, -0.25) is 4.79 Å². The predicted molar refractivity (Wildman–Crippen MR) is 113 cm³/mol. The minimum atomic E-state index is -0.732. The quantitative estimate of drug-likeness (QED) is 0.154. The summed E-state index contributed by atoms with van der Waals surface area (Å²) in [4.78, 5) is 10.3. The van der Waals surface area contributed by atoms with Crippen LogP contribution in [-0.2, 0) is 4.79 Å². The lowest BCUT2D eigenvalue weighted by Crippen LogP contribution is -1.92. The monoisotopic (exact) mass is 362 g/mol. The minimum Gasteiger partial charge on any atom is -0.481 e. The third kappa shape index (κ3) is 22.8. The van der Waals surface area contributed by atoms with Crippen molar-refractivity contribution in [2.75, 3.05) is 0 Å². The van der Waals surface area contributed by atoms with E-state index in [0.717, 1.165) is 6.42 Å². The molecule has 0 aliphatic carbocycles. The van der Waals surface area contributed by atoms with Crippen LogP contribution in [0.1, 0.15) is 122 Å². The lowest BCUT2D eigenvalue weighted by atomic mass is 10.0. The molecule has 2 heteroatoms. The van der Waals surface area contributed by atoms with Gasteiger partial charge in [-0.05, 0) is 19.3 Å². The molecule has 0 unspecified atom stereocenters. The van der Waals surface area contributed by atoms with Crippen LogP contribution in [-0.4, -0.2) is 11.1 Å². The molecular formula is C24H42O2. The number of hydrogen-bond donors (Lipinski definition) is 1. The second-order valence-corrected chi connectivity index (χ2v) is 7.31. The molecular weight excluding hydrogens is 320 g/mol. The largest absolute Gasteiger partial charge is 0.481 e. The highest BCUT2D eigenvalue weighted by atomic mass is 16.4. The van der Waals surface area contributed by atoms with Crippen LogP contribution in [0, 0.1) is 11.8 Å². The second kappa shape index (κ2) is 21.8. The van der Waals surface area contributed by atoms with Crippen molar-refractivity contribution < 1.29 is 9.90 Å². The van der Waals surface area contributed by atoms with Gasteiger partial charge < -0.3 is 5.11 Å². The standard InChI is InChI=1S/C24H42O2/c1-2-3-4-5-6-7-8-9-10-11-12-13-14-15-16-17-18-19-20-21-22-23-24(25)26/h16-17H,2-15,18,21-23H2,1H3,(H,25,26). The molecule has 1 N–H and O–H groups in total. The van der Waals surface area contributed by atoms with Gasteiger partial charge in [0, 0.05) is 19.3 Å². The van der Waals surface area contributed by atoms with Crippen LogP contribution in [0.25, 0.3) is 0 Å². The summed E-state index contributed by atoms with van der Waals surface area (Å²) in [6, 6.07) is 0. The molecule has 0 bridgehead atoms. The number of rotatable bonds is 18. The summed E-state index contributed by atoms with van der Waals surface area (Å²) in [7, 11) is 0. The van der Waals surface area contributed by atoms with E-state index in [1.54, 1.807) is 0 Å². The maximum atomic E-state index is 10.3. The van der Waals surface area contributed by atoms with Crippen molar-refractivity contribution in [2.24, 2.45) is 0 Å². The Kier molecular flexibility index (Phi) is 20.8. The minimum absolute atomic E-state index is 0.226. The van der Waals surface area contributed by atoms with Gasteiger partial charge in [0.15, 0.2) is 0 Å². The van der Waals surface area contributed by atoms with E-state index in [2.05, 4.69) is 30.9 Å². The average molecular weight is 363 g/mol. The van der Waals surface area contributed by atoms with Crippen molar-refractivity contribution in [2.45, 2.75) is 122 Å². The van der Waals surface area contributed by atoms with E-state index in [9.17, 15) is 4.79 Å². The first-order valence-electron chi connectivity index (χ1n) is 11.1. The number of aliphatic carboxylic acids is 1. The Bertz CT molecular complexity index is 387. The molecule has 0 heterocycles. The molecule has 0 saturated carbocycles. The third-order valence-corrected chi connectivity index (χ3v) is 4.68. The molecule has 26 heavy (non-hydrogen) atoms. The molecule has 0 aliphatic heterocycles. The maximum Gasteiger partial charge on any atom is 0.303 e. The molecule has 0 aromatic carbocycles. The van der Waals surface area contributed by atoms with Gasteiger partial charge in [-0.25, -0.2) is 0 Å². The van der Waals surface area contributed by atoms with Crippen LogP contribution in [0.15, 0.2) is 12.2 Å². The Balaban J connectivity index is 3.17. The summed E-state index contributed by atoms with van der Waals surface area (Å²) >= 11 is 0. The molecule has 0 rings (SSSR count). The SMILES string of the molecule is CCCCCCCCCCCCCCCC=CCC#CCCCC(=O)O. The fourth-order valence-corrected chi connectivity index (χ4v) is 3.03. The summed E-state index contributed by atoms with van der Waals surface area (Å²) in [6.07, 6.45) is 26.2. The summed E-state index contributed by atoms with van der Waals surface area (Å²) in [5, 5.41) is 8.51. The second-order valence-electron chi connectivity index (χ2n) is 7.31. The Morgan fingerprint density at radius 3 is 1.81 bits per heavy atom. The molecule has 150 valence electrons. The van der Waals surface area contributed by atoms with Gasteiger partial charge in [-0.2, -0.15) is 0 Å². The molecule has 0 spiro atoms. The number of unbranched alkanes of at least 4 members (excludes halogenated alkanes) is 14. The Labute approximate surface area is 162 Å². The Morgan fingerprint density at radius 2 is 1.27 bits per heavy atom. The van der Waals surface area contributed by atoms with Gasteiger partial charge in [0.25, 0.3) is 0 Å². The van der Waals surface area contributed by atoms with Crippen molar-refractivity contribution in [1.82, 2.24) is 0 Å². The Hall–Kier alpha value is -1.23. The maximum absolute atomic E-state index is 10.3. The topological polar surface area (TPSA) is 37.3 Å². The highest BCUT2D eigenvalue weighted by Crippen LogP contribution is 2.13. The van der Waals surface area contributed by atoms with Gasteiger partial charge in [-0.15, -0.1) is 5.92 Å². The zero-order chi connectivity index (χ0) is 19.1. The summed E-state index contributed by atoms with van der Waals surface area (Å²) < 4.78 is 0. The fourth-order valence-electron chi connectivity index (χ4n) is 3.03. The Morgan fingerprint density at radius 1 is 0.731 bits per heavy atom. The van der Waals surface area contributed by atoms with Crippen LogP contribution in [0.2, 0.25) is 0 Å². The third-order valence-electron chi connectivity index (χ3n) is 4.68. The number of carboxylic acid groups (broad SMARTS) is 1. The zero-order valence-corrected chi connectivity index (χ0v) is 17.2. The first-order chi connectivity index (χ1) is 12.8. The highest BCUT2D eigenvalue weighted by Gasteiger charge is 1.94. The number of carbonyl (C=O) groups is 1. The van der Waals surface area contributed by atoms with E-state index in [4.69, 9.17) is 5.11 Å². The van der Waals surface area contributed by atoms with Crippen LogP contribution in [0.4, 0.5) is 0 Å². The lowest BCUT2D eigenvalue weighted by molar-refractivity contribution is -0.137. The van der Waals surface area contributed by atoms with E-state index in [1.807, 2.05) is 0 Å². The average Bonchev–Trinajstić information content (AvgIpc) is 2.62. The van der Waals surface area contributed by atoms with E-state index in [0.29, 0.717) is 12.8 Å². The van der Waals surface area contributed by atoms with Gasteiger partial charge in [0.2, 0.25) is 0 Å². The molecule has 0 aromatic rings. The smallest absolute Gasteiger partial charge is 0.303 e. The zero-order valence-electron chi connectivity index (χ0n) is 17.2. The number of allylic oxidation sites excluding steroid dienone is 2. The highest BCUT2D eigenvalue weighted by molar-refractivity contribution is 5.66. The number of hydrogen-bond acceptors (Lipinski definition) is 1. The van der Waals surface area contributed by atoms with Crippen LogP contribution < -0.4 is 0 Å². The van der Waals surface area contributed by atoms with Crippen molar-refractivity contribution in [3.63, 3.8) is 0 Å². The molecule has 0 amide bonds. The van der Waals surface area contributed by atoms with Gasteiger partial charge >= 0.3 is 5.97 Å².